The first-order valence-corrected chi connectivity index (χ1v) is 10.00. The number of allylic oxidation sites excluding steroid dienone is 2. The van der Waals surface area contributed by atoms with Gasteiger partial charge in [0.25, 0.3) is 0 Å². The minimum Gasteiger partial charge on any atom is -0.481 e. The van der Waals surface area contributed by atoms with Crippen molar-refractivity contribution in [2.24, 2.45) is 23.7 Å². The van der Waals surface area contributed by atoms with Crippen LogP contribution in [0, 0.1) is 46.9 Å². The number of fused-ring (bicyclic) bond motifs is 6. The average Bonchev–Trinajstić information content (AvgIpc) is 3.65. The molecule has 4 aliphatic carbocycles. The van der Waals surface area contributed by atoms with Gasteiger partial charge in [0.2, 0.25) is 0 Å². The summed E-state index contributed by atoms with van der Waals surface area (Å²) < 4.78 is 54.0. The Morgan fingerprint density at radius 3 is 1.31 bits per heavy atom. The third-order valence-electron chi connectivity index (χ3n) is 6.72. The molecule has 0 spiro atoms. The molecule has 4 aliphatic rings. The van der Waals surface area contributed by atoms with Gasteiger partial charge >= 0.3 is 11.9 Å². The lowest BCUT2D eigenvalue weighted by Crippen LogP contribution is -2.02. The van der Waals surface area contributed by atoms with Gasteiger partial charge in [0.1, 0.15) is 23.3 Å². The van der Waals surface area contributed by atoms with E-state index in [2.05, 4.69) is 0 Å². The molecular weight excluding hydrogens is 428 g/mol. The first kappa shape index (κ1) is 20.5. The molecule has 32 heavy (non-hydrogen) atoms. The number of aliphatic carboxylic acids is 2. The molecule has 2 N–H and O–H groups in total. The second-order valence-electron chi connectivity index (χ2n) is 8.37. The molecule has 8 heteroatoms. The van der Waals surface area contributed by atoms with Gasteiger partial charge in [-0.05, 0) is 36.1 Å². The number of halogens is 4. The van der Waals surface area contributed by atoms with E-state index in [1.54, 1.807) is 12.2 Å². The molecule has 0 heterocycles. The summed E-state index contributed by atoms with van der Waals surface area (Å²) in [5.74, 6) is -6.28. The normalized spacial score (nSPS) is 29.5. The Morgan fingerprint density at radius 1 is 0.625 bits per heavy atom. The number of benzene rings is 2. The van der Waals surface area contributed by atoms with Gasteiger partial charge in [-0.2, -0.15) is 0 Å². The largest absolute Gasteiger partial charge is 0.481 e. The van der Waals surface area contributed by atoms with Crippen LogP contribution in [0.1, 0.15) is 34.1 Å². The Morgan fingerprint density at radius 2 is 0.969 bits per heavy atom. The van der Waals surface area contributed by atoms with Crippen LogP contribution in [0.3, 0.4) is 0 Å². The van der Waals surface area contributed by atoms with Crippen LogP contribution < -0.4 is 0 Å². The number of carboxylic acid groups (broad SMARTS) is 2. The fraction of sp³-hybridized carbons (Fsp3) is 0.250. The van der Waals surface area contributed by atoms with Crippen molar-refractivity contribution in [3.63, 3.8) is 0 Å². The number of hydrogen-bond acceptors (Lipinski definition) is 2. The van der Waals surface area contributed by atoms with Gasteiger partial charge in [-0.25, -0.2) is 17.6 Å². The molecule has 2 fully saturated rings. The molecule has 0 bridgehead atoms. The van der Waals surface area contributed by atoms with E-state index >= 15 is 0 Å². The highest BCUT2D eigenvalue weighted by atomic mass is 19.1. The highest BCUT2D eigenvalue weighted by Crippen LogP contribution is 2.60. The summed E-state index contributed by atoms with van der Waals surface area (Å²) in [5, 5.41) is 17.8. The summed E-state index contributed by atoms with van der Waals surface area (Å²) in [7, 11) is 0. The topological polar surface area (TPSA) is 74.6 Å². The van der Waals surface area contributed by atoms with E-state index < -0.39 is 58.9 Å². The molecule has 6 atom stereocenters. The smallest absolute Gasteiger partial charge is 0.307 e. The molecule has 6 rings (SSSR count). The van der Waals surface area contributed by atoms with Crippen LogP contribution in [-0.2, 0) is 9.59 Å². The van der Waals surface area contributed by atoms with Gasteiger partial charge in [0, 0.05) is 34.1 Å². The van der Waals surface area contributed by atoms with E-state index in [4.69, 9.17) is 10.2 Å². The minimum atomic E-state index is -0.948. The van der Waals surface area contributed by atoms with Gasteiger partial charge in [-0.15, -0.1) is 0 Å². The highest BCUT2D eigenvalue weighted by Gasteiger charge is 2.58. The molecule has 0 aliphatic heterocycles. The van der Waals surface area contributed by atoms with E-state index in [9.17, 15) is 27.2 Å². The van der Waals surface area contributed by atoms with Crippen LogP contribution in [0.5, 0.6) is 0 Å². The number of hydrogen-bond donors (Lipinski definition) is 2. The van der Waals surface area contributed by atoms with E-state index in [1.807, 2.05) is 0 Å². The molecule has 0 unspecified atom stereocenters. The zero-order valence-corrected chi connectivity index (χ0v) is 16.3. The highest BCUT2D eigenvalue weighted by molar-refractivity contribution is 5.81. The van der Waals surface area contributed by atoms with Crippen molar-refractivity contribution >= 4 is 24.1 Å². The minimum absolute atomic E-state index is 0.179. The number of rotatable bonds is 2. The van der Waals surface area contributed by atoms with E-state index in [0.29, 0.717) is 0 Å². The number of carbonyl (C=O) groups is 2. The molecule has 0 radical (unpaired) electrons. The summed E-state index contributed by atoms with van der Waals surface area (Å²) in [4.78, 5) is 21.8. The maximum Gasteiger partial charge on any atom is 0.307 e. The zero-order valence-electron chi connectivity index (χ0n) is 16.3. The summed E-state index contributed by atoms with van der Waals surface area (Å²) in [6, 6.07) is 4.25. The van der Waals surface area contributed by atoms with Gasteiger partial charge in [0.05, 0.1) is 11.8 Å². The van der Waals surface area contributed by atoms with Gasteiger partial charge in [-0.1, -0.05) is 24.3 Å². The Balaban J connectivity index is 0.000000135. The van der Waals surface area contributed by atoms with Crippen LogP contribution in [0.2, 0.25) is 0 Å². The zero-order chi connectivity index (χ0) is 22.9. The third-order valence-corrected chi connectivity index (χ3v) is 6.72. The Kier molecular flexibility index (Phi) is 4.51. The molecule has 2 saturated carbocycles. The fourth-order valence-electron chi connectivity index (χ4n) is 5.13. The number of carboxylic acids is 2. The monoisotopic (exact) mass is 444 g/mol. The predicted molar refractivity (Wildman–Crippen MR) is 105 cm³/mol. The van der Waals surface area contributed by atoms with Crippen LogP contribution >= 0.6 is 0 Å². The van der Waals surface area contributed by atoms with Crippen molar-refractivity contribution in [3.05, 3.63) is 81.9 Å². The van der Waals surface area contributed by atoms with Crippen LogP contribution in [0.4, 0.5) is 17.6 Å². The lowest BCUT2D eigenvalue weighted by Gasteiger charge is -2.11. The lowest BCUT2D eigenvalue weighted by molar-refractivity contribution is -0.139. The molecule has 2 aromatic rings. The Hall–Kier alpha value is -3.42. The molecule has 164 valence electrons. The van der Waals surface area contributed by atoms with Crippen LogP contribution in [0.25, 0.3) is 12.2 Å². The first-order chi connectivity index (χ1) is 15.2. The maximum atomic E-state index is 13.6. The molecule has 2 aromatic carbocycles. The third kappa shape index (κ3) is 2.97. The summed E-state index contributed by atoms with van der Waals surface area (Å²) in [6.45, 7) is 0. The second-order valence-corrected chi connectivity index (χ2v) is 8.37. The van der Waals surface area contributed by atoms with E-state index in [0.717, 1.165) is 24.3 Å². The van der Waals surface area contributed by atoms with E-state index in [1.165, 1.54) is 12.2 Å². The summed E-state index contributed by atoms with van der Waals surface area (Å²) in [5.41, 5.74) is 0.842. The average molecular weight is 444 g/mol. The van der Waals surface area contributed by atoms with Crippen molar-refractivity contribution < 1.29 is 37.4 Å². The van der Waals surface area contributed by atoms with Crippen molar-refractivity contribution in [1.29, 1.82) is 0 Å². The SMILES string of the molecule is O=C(O)[C@@H]1[C@H]2C=Cc3c(F)ccc(F)c3[C@H]21.O=C(O)[C@H]1[C@@H]2C=Cc3c(F)ccc(F)c3[C@@H]21. The first-order valence-electron chi connectivity index (χ1n) is 10.00. The molecule has 4 nitrogen and oxygen atoms in total. The molecule has 0 aromatic heterocycles. The molecule has 0 amide bonds. The second kappa shape index (κ2) is 7.05. The van der Waals surface area contributed by atoms with Gasteiger partial charge in [-0.3, -0.25) is 9.59 Å². The summed E-state index contributed by atoms with van der Waals surface area (Å²) >= 11 is 0. The fourth-order valence-corrected chi connectivity index (χ4v) is 5.13. The quantitative estimate of drug-likeness (QED) is 0.652. The van der Waals surface area contributed by atoms with Crippen molar-refractivity contribution in [2.45, 2.75) is 11.8 Å². The summed E-state index contributed by atoms with van der Waals surface area (Å²) in [6.07, 6.45) is 6.29. The molecule has 0 saturated heterocycles. The van der Waals surface area contributed by atoms with E-state index in [-0.39, 0.29) is 34.1 Å². The lowest BCUT2D eigenvalue weighted by atomic mass is 9.96. The van der Waals surface area contributed by atoms with Gasteiger partial charge in [0.15, 0.2) is 0 Å². The molecular formula is C24H16F4O4. The Bertz CT molecular complexity index is 1140. The maximum absolute atomic E-state index is 13.6. The predicted octanol–water partition coefficient (Wildman–Crippen LogP) is 4.81. The van der Waals surface area contributed by atoms with Crippen LogP contribution in [0.15, 0.2) is 36.4 Å². The van der Waals surface area contributed by atoms with Crippen LogP contribution in [-0.4, -0.2) is 22.2 Å². The van der Waals surface area contributed by atoms with Crippen molar-refractivity contribution in [1.82, 2.24) is 0 Å². The van der Waals surface area contributed by atoms with Crippen molar-refractivity contribution in [2.75, 3.05) is 0 Å². The Labute approximate surface area is 179 Å². The van der Waals surface area contributed by atoms with Gasteiger partial charge < -0.3 is 10.2 Å². The van der Waals surface area contributed by atoms with Crippen molar-refractivity contribution in [3.8, 4) is 0 Å². The standard InChI is InChI=1S/2C12H8F2O2/c2*13-7-3-4-8(14)9-5(7)1-2-6-10(9)11(6)12(15)16/h2*1-4,6,10-11H,(H,15,16)/t2*6-,10-,11+/m10/s1.